The molecule has 2 heterocycles. The van der Waals surface area contributed by atoms with Crippen molar-refractivity contribution in [2.24, 2.45) is 5.92 Å². The van der Waals surface area contributed by atoms with Crippen LogP contribution in [0.4, 0.5) is 0 Å². The van der Waals surface area contributed by atoms with Crippen molar-refractivity contribution in [1.29, 1.82) is 0 Å². The van der Waals surface area contributed by atoms with Gasteiger partial charge in [0.15, 0.2) is 0 Å². The summed E-state index contributed by atoms with van der Waals surface area (Å²) >= 11 is 0. The molecule has 1 aromatic rings. The summed E-state index contributed by atoms with van der Waals surface area (Å²) in [7, 11) is 1.66. The van der Waals surface area contributed by atoms with Crippen LogP contribution in [0.3, 0.4) is 0 Å². The third-order valence-corrected chi connectivity index (χ3v) is 3.33. The van der Waals surface area contributed by atoms with Gasteiger partial charge in [-0.1, -0.05) is 0 Å². The van der Waals surface area contributed by atoms with Gasteiger partial charge in [-0.05, 0) is 37.0 Å². The summed E-state index contributed by atoms with van der Waals surface area (Å²) in [5.41, 5.74) is 2.31. The highest BCUT2D eigenvalue weighted by Crippen LogP contribution is 2.21. The maximum Gasteiger partial charge on any atom is 0.223 e. The van der Waals surface area contributed by atoms with Crippen LogP contribution in [-0.4, -0.2) is 42.6 Å². The van der Waals surface area contributed by atoms with Crippen LogP contribution in [0.2, 0.25) is 0 Å². The van der Waals surface area contributed by atoms with Gasteiger partial charge < -0.3 is 9.64 Å². The Morgan fingerprint density at radius 3 is 3.11 bits per heavy atom. The number of hydrogen-bond donors (Lipinski definition) is 0. The highest BCUT2D eigenvalue weighted by molar-refractivity contribution is 5.78. The van der Waals surface area contributed by atoms with E-state index in [-0.39, 0.29) is 5.91 Å². The second kappa shape index (κ2) is 5.96. The van der Waals surface area contributed by atoms with Crippen molar-refractivity contribution in [3.05, 3.63) is 29.6 Å². The molecule has 1 aliphatic rings. The van der Waals surface area contributed by atoms with Gasteiger partial charge in [0.05, 0.1) is 6.61 Å². The molecular weight excluding hydrogens is 228 g/mol. The average Bonchev–Trinajstić information content (AvgIpc) is 2.67. The first-order valence-corrected chi connectivity index (χ1v) is 6.37. The molecule has 0 bridgehead atoms. The van der Waals surface area contributed by atoms with Gasteiger partial charge in [-0.3, -0.25) is 9.78 Å². The third kappa shape index (κ3) is 3.29. The molecule has 0 unspecified atom stereocenters. The van der Waals surface area contributed by atoms with Gasteiger partial charge in [0.25, 0.3) is 0 Å². The Hall–Kier alpha value is -1.42. The smallest absolute Gasteiger partial charge is 0.223 e. The predicted octanol–water partition coefficient (Wildman–Crippen LogP) is 1.43. The molecule has 1 fully saturated rings. The number of aryl methyl sites for hydroxylation is 1. The number of amides is 1. The van der Waals surface area contributed by atoms with Gasteiger partial charge in [0.1, 0.15) is 0 Å². The van der Waals surface area contributed by atoms with Crippen molar-refractivity contribution in [3.8, 4) is 0 Å². The Labute approximate surface area is 108 Å². The second-order valence-electron chi connectivity index (χ2n) is 4.93. The van der Waals surface area contributed by atoms with Crippen molar-refractivity contribution < 1.29 is 9.53 Å². The SMILES string of the molecule is COCCN1C[C@H](Cc2cc(C)ccn2)CC1=O. The number of likely N-dealkylation sites (tertiary alicyclic amines) is 1. The van der Waals surface area contributed by atoms with Crippen LogP contribution in [0.1, 0.15) is 17.7 Å². The number of pyridine rings is 1. The molecule has 1 aromatic heterocycles. The molecule has 0 saturated carbocycles. The Morgan fingerprint density at radius 1 is 1.56 bits per heavy atom. The predicted molar refractivity (Wildman–Crippen MR) is 69.2 cm³/mol. The Morgan fingerprint density at radius 2 is 2.39 bits per heavy atom. The topological polar surface area (TPSA) is 42.4 Å². The summed E-state index contributed by atoms with van der Waals surface area (Å²) in [4.78, 5) is 18.1. The first-order chi connectivity index (χ1) is 8.69. The quantitative estimate of drug-likeness (QED) is 0.791. The molecule has 98 valence electrons. The van der Waals surface area contributed by atoms with E-state index < -0.39 is 0 Å². The molecule has 4 nitrogen and oxygen atoms in total. The van der Waals surface area contributed by atoms with Gasteiger partial charge in [-0.2, -0.15) is 0 Å². The molecule has 1 amide bonds. The number of ether oxygens (including phenoxy) is 1. The lowest BCUT2D eigenvalue weighted by molar-refractivity contribution is -0.128. The van der Waals surface area contributed by atoms with Gasteiger partial charge >= 0.3 is 0 Å². The Balaban J connectivity index is 1.90. The second-order valence-corrected chi connectivity index (χ2v) is 4.93. The first-order valence-electron chi connectivity index (χ1n) is 6.37. The Kier molecular flexibility index (Phi) is 4.31. The summed E-state index contributed by atoms with van der Waals surface area (Å²) in [5.74, 6) is 0.633. The number of methoxy groups -OCH3 is 1. The van der Waals surface area contributed by atoms with Crippen molar-refractivity contribution in [2.45, 2.75) is 19.8 Å². The van der Waals surface area contributed by atoms with Crippen molar-refractivity contribution in [2.75, 3.05) is 26.8 Å². The normalized spacial score (nSPS) is 19.6. The van der Waals surface area contributed by atoms with Crippen molar-refractivity contribution in [1.82, 2.24) is 9.88 Å². The third-order valence-electron chi connectivity index (χ3n) is 3.33. The van der Waals surface area contributed by atoms with Gasteiger partial charge in [-0.15, -0.1) is 0 Å². The molecule has 2 rings (SSSR count). The van der Waals surface area contributed by atoms with Crippen LogP contribution in [0.25, 0.3) is 0 Å². The number of rotatable bonds is 5. The lowest BCUT2D eigenvalue weighted by atomic mass is 10.0. The zero-order valence-corrected chi connectivity index (χ0v) is 11.1. The number of carbonyl (C=O) groups is 1. The number of hydrogen-bond acceptors (Lipinski definition) is 3. The molecule has 0 N–H and O–H groups in total. The van der Waals surface area contributed by atoms with Crippen LogP contribution in [0.5, 0.6) is 0 Å². The summed E-state index contributed by atoms with van der Waals surface area (Å²) in [5, 5.41) is 0. The molecule has 18 heavy (non-hydrogen) atoms. The highest BCUT2D eigenvalue weighted by atomic mass is 16.5. The minimum absolute atomic E-state index is 0.240. The Bertz CT molecular complexity index is 420. The molecule has 0 aromatic carbocycles. The van der Waals surface area contributed by atoms with E-state index >= 15 is 0 Å². The van der Waals surface area contributed by atoms with Crippen LogP contribution in [0.15, 0.2) is 18.3 Å². The molecular formula is C14H20N2O2. The minimum atomic E-state index is 0.240. The molecule has 1 saturated heterocycles. The van der Waals surface area contributed by atoms with Crippen LogP contribution in [0, 0.1) is 12.8 Å². The van der Waals surface area contributed by atoms with Gasteiger partial charge in [0.2, 0.25) is 5.91 Å². The molecule has 0 radical (unpaired) electrons. The van der Waals surface area contributed by atoms with Crippen LogP contribution in [-0.2, 0) is 16.0 Å². The maximum atomic E-state index is 11.8. The zero-order valence-electron chi connectivity index (χ0n) is 11.1. The minimum Gasteiger partial charge on any atom is -0.383 e. The van der Waals surface area contributed by atoms with E-state index in [2.05, 4.69) is 18.0 Å². The fourth-order valence-electron chi connectivity index (χ4n) is 2.41. The van der Waals surface area contributed by atoms with E-state index in [1.807, 2.05) is 17.2 Å². The van der Waals surface area contributed by atoms with E-state index in [0.29, 0.717) is 25.5 Å². The van der Waals surface area contributed by atoms with E-state index in [0.717, 1.165) is 18.7 Å². The molecule has 1 atom stereocenters. The van der Waals surface area contributed by atoms with E-state index in [1.165, 1.54) is 5.56 Å². The highest BCUT2D eigenvalue weighted by Gasteiger charge is 2.29. The van der Waals surface area contributed by atoms with Crippen molar-refractivity contribution in [3.63, 3.8) is 0 Å². The molecule has 0 aliphatic carbocycles. The number of aromatic nitrogens is 1. The van der Waals surface area contributed by atoms with Gasteiger partial charge in [-0.25, -0.2) is 0 Å². The van der Waals surface area contributed by atoms with E-state index in [4.69, 9.17) is 4.74 Å². The summed E-state index contributed by atoms with van der Waals surface area (Å²) in [6, 6.07) is 4.09. The maximum absolute atomic E-state index is 11.8. The van der Waals surface area contributed by atoms with Crippen LogP contribution < -0.4 is 0 Å². The standard InChI is InChI=1S/C14H20N2O2/c1-11-3-4-15-13(7-11)8-12-9-14(17)16(10-12)5-6-18-2/h3-4,7,12H,5-6,8-10H2,1-2H3/t12-/m1/s1. The average molecular weight is 248 g/mol. The largest absolute Gasteiger partial charge is 0.383 e. The number of nitrogens with zero attached hydrogens (tertiary/aromatic N) is 2. The number of carbonyl (C=O) groups excluding carboxylic acids is 1. The monoisotopic (exact) mass is 248 g/mol. The first kappa shape index (κ1) is 13.0. The molecule has 0 spiro atoms. The fourth-order valence-corrected chi connectivity index (χ4v) is 2.41. The summed E-state index contributed by atoms with van der Waals surface area (Å²) < 4.78 is 5.02. The lowest BCUT2D eigenvalue weighted by Gasteiger charge is -2.15. The molecule has 1 aliphatic heterocycles. The molecule has 4 heteroatoms. The zero-order chi connectivity index (χ0) is 13.0. The van der Waals surface area contributed by atoms with E-state index in [9.17, 15) is 4.79 Å². The fraction of sp³-hybridized carbons (Fsp3) is 0.571. The van der Waals surface area contributed by atoms with E-state index in [1.54, 1.807) is 7.11 Å². The van der Waals surface area contributed by atoms with Gasteiger partial charge in [0, 0.05) is 38.5 Å². The van der Waals surface area contributed by atoms with Crippen LogP contribution >= 0.6 is 0 Å². The summed E-state index contributed by atoms with van der Waals surface area (Å²) in [6.45, 7) is 4.21. The lowest BCUT2D eigenvalue weighted by Crippen LogP contribution is -2.28. The van der Waals surface area contributed by atoms with Crippen molar-refractivity contribution >= 4 is 5.91 Å². The summed E-state index contributed by atoms with van der Waals surface area (Å²) in [6.07, 6.45) is 3.36.